The predicted octanol–water partition coefficient (Wildman–Crippen LogP) is 4.36. The number of thioether (sulfide) groups is 1. The van der Waals surface area contributed by atoms with Crippen LogP contribution in [0.25, 0.3) is 0 Å². The highest BCUT2D eigenvalue weighted by atomic mass is 79.9. The molecule has 2 aromatic carbocycles. The van der Waals surface area contributed by atoms with Gasteiger partial charge in [-0.25, -0.2) is 0 Å². The van der Waals surface area contributed by atoms with Gasteiger partial charge in [0.05, 0.1) is 10.7 Å². The molecule has 0 spiro atoms. The molecule has 9 nitrogen and oxygen atoms in total. The molecule has 30 heavy (non-hydrogen) atoms. The van der Waals surface area contributed by atoms with Crippen LogP contribution in [0.5, 0.6) is 5.75 Å². The molecule has 0 saturated carbocycles. The monoisotopic (exact) mass is 491 g/mol. The van der Waals surface area contributed by atoms with Crippen molar-refractivity contribution in [2.24, 2.45) is 7.05 Å². The maximum Gasteiger partial charge on any atom is 0.269 e. The summed E-state index contributed by atoms with van der Waals surface area (Å²) in [5.74, 6) is 1.21. The number of carbonyl (C=O) groups is 1. The van der Waals surface area contributed by atoms with Gasteiger partial charge in [-0.2, -0.15) is 0 Å². The second-order valence-corrected chi connectivity index (χ2v) is 8.11. The fourth-order valence-corrected chi connectivity index (χ4v) is 3.55. The Hall–Kier alpha value is -2.92. The molecule has 0 fully saturated rings. The second-order valence-electron chi connectivity index (χ2n) is 6.25. The Morgan fingerprint density at radius 3 is 2.53 bits per heavy atom. The van der Waals surface area contributed by atoms with Crippen molar-refractivity contribution in [2.45, 2.75) is 18.2 Å². The standard InChI is InChI=1S/C19H18BrN5O4S/c1-12(29-16-9-3-13(20)4-10-16)18-22-23-19(24(18)2)30-11-17(26)21-14-5-7-15(8-6-14)25(27)28/h3-10,12H,11H2,1-2H3,(H,21,26). The van der Waals surface area contributed by atoms with Crippen LogP contribution in [0.4, 0.5) is 11.4 Å². The summed E-state index contributed by atoms with van der Waals surface area (Å²) in [5, 5.41) is 22.3. The van der Waals surface area contributed by atoms with E-state index < -0.39 is 4.92 Å². The van der Waals surface area contributed by atoms with E-state index in [0.717, 1.165) is 4.47 Å². The lowest BCUT2D eigenvalue weighted by atomic mass is 10.3. The molecular formula is C19H18BrN5O4S. The number of hydrogen-bond acceptors (Lipinski definition) is 7. The maximum absolute atomic E-state index is 12.2. The van der Waals surface area contributed by atoms with Crippen molar-refractivity contribution in [3.8, 4) is 5.75 Å². The predicted molar refractivity (Wildman–Crippen MR) is 117 cm³/mol. The number of amides is 1. The first kappa shape index (κ1) is 21.8. The van der Waals surface area contributed by atoms with E-state index in [1.54, 1.807) is 4.57 Å². The van der Waals surface area contributed by atoms with E-state index in [2.05, 4.69) is 31.4 Å². The number of benzene rings is 2. The molecule has 1 atom stereocenters. The number of aromatic nitrogens is 3. The van der Waals surface area contributed by atoms with Crippen molar-refractivity contribution < 1.29 is 14.5 Å². The minimum atomic E-state index is -0.492. The van der Waals surface area contributed by atoms with Crippen LogP contribution in [0.3, 0.4) is 0 Å². The normalized spacial score (nSPS) is 11.7. The minimum absolute atomic E-state index is 0.0338. The quantitative estimate of drug-likeness (QED) is 0.283. The number of nitrogens with zero attached hydrogens (tertiary/aromatic N) is 4. The van der Waals surface area contributed by atoms with Gasteiger partial charge < -0.3 is 14.6 Å². The third-order valence-corrected chi connectivity index (χ3v) is 5.60. The molecule has 0 radical (unpaired) electrons. The van der Waals surface area contributed by atoms with Crippen molar-refractivity contribution in [3.63, 3.8) is 0 Å². The van der Waals surface area contributed by atoms with Gasteiger partial charge in [0.25, 0.3) is 5.69 Å². The molecule has 0 aliphatic carbocycles. The van der Waals surface area contributed by atoms with E-state index in [9.17, 15) is 14.9 Å². The topological polar surface area (TPSA) is 112 Å². The smallest absolute Gasteiger partial charge is 0.269 e. The third-order valence-electron chi connectivity index (χ3n) is 4.05. The van der Waals surface area contributed by atoms with E-state index in [1.165, 1.54) is 36.0 Å². The Morgan fingerprint density at radius 2 is 1.90 bits per heavy atom. The molecule has 3 rings (SSSR count). The van der Waals surface area contributed by atoms with Crippen molar-refractivity contribution in [1.82, 2.24) is 14.8 Å². The van der Waals surface area contributed by atoms with Gasteiger partial charge >= 0.3 is 0 Å². The summed E-state index contributed by atoms with van der Waals surface area (Å²) in [7, 11) is 1.81. The van der Waals surface area contributed by atoms with E-state index in [4.69, 9.17) is 4.74 Å². The van der Waals surface area contributed by atoms with Crippen LogP contribution < -0.4 is 10.1 Å². The number of ether oxygens (including phenoxy) is 1. The van der Waals surface area contributed by atoms with Gasteiger partial charge in [-0.1, -0.05) is 27.7 Å². The number of rotatable bonds is 8. The van der Waals surface area contributed by atoms with Gasteiger partial charge in [-0.05, 0) is 43.3 Å². The first-order chi connectivity index (χ1) is 14.3. The highest BCUT2D eigenvalue weighted by Crippen LogP contribution is 2.25. The molecule has 1 aromatic heterocycles. The molecule has 1 unspecified atom stereocenters. The maximum atomic E-state index is 12.2. The molecule has 1 amide bonds. The summed E-state index contributed by atoms with van der Waals surface area (Å²) in [6, 6.07) is 13.1. The van der Waals surface area contributed by atoms with Gasteiger partial charge in [0.15, 0.2) is 17.1 Å². The average Bonchev–Trinajstić information content (AvgIpc) is 3.09. The lowest BCUT2D eigenvalue weighted by Crippen LogP contribution is -2.14. The molecule has 1 N–H and O–H groups in total. The number of nitro benzene ring substituents is 1. The highest BCUT2D eigenvalue weighted by Gasteiger charge is 2.18. The van der Waals surface area contributed by atoms with E-state index in [1.807, 2.05) is 38.2 Å². The Morgan fingerprint density at radius 1 is 1.23 bits per heavy atom. The Balaban J connectivity index is 1.55. The number of carbonyl (C=O) groups excluding carboxylic acids is 1. The number of nitrogens with one attached hydrogen (secondary N) is 1. The largest absolute Gasteiger partial charge is 0.483 e. The van der Waals surface area contributed by atoms with Crippen LogP contribution >= 0.6 is 27.7 Å². The number of anilines is 1. The fourth-order valence-electron chi connectivity index (χ4n) is 2.57. The Kier molecular flexibility index (Phi) is 7.06. The van der Waals surface area contributed by atoms with E-state index >= 15 is 0 Å². The number of non-ortho nitro benzene ring substituents is 1. The highest BCUT2D eigenvalue weighted by molar-refractivity contribution is 9.10. The van der Waals surface area contributed by atoms with Gasteiger partial charge in [0.1, 0.15) is 5.75 Å². The average molecular weight is 492 g/mol. The van der Waals surface area contributed by atoms with Gasteiger partial charge in [0.2, 0.25) is 5.91 Å². The SMILES string of the molecule is CC(Oc1ccc(Br)cc1)c1nnc(SCC(=O)Nc2ccc([N+](=O)[O-])cc2)n1C. The molecule has 0 aliphatic heterocycles. The Bertz CT molecular complexity index is 1040. The number of halogens is 1. The van der Waals surface area contributed by atoms with Crippen molar-refractivity contribution >= 4 is 45.0 Å². The van der Waals surface area contributed by atoms with Gasteiger partial charge in [0, 0.05) is 29.3 Å². The first-order valence-electron chi connectivity index (χ1n) is 8.82. The van der Waals surface area contributed by atoms with Crippen LogP contribution in [0.15, 0.2) is 58.2 Å². The minimum Gasteiger partial charge on any atom is -0.483 e. The lowest BCUT2D eigenvalue weighted by molar-refractivity contribution is -0.384. The van der Waals surface area contributed by atoms with Crippen LogP contribution in [-0.4, -0.2) is 31.3 Å². The van der Waals surface area contributed by atoms with Crippen LogP contribution in [-0.2, 0) is 11.8 Å². The second kappa shape index (κ2) is 9.72. The summed E-state index contributed by atoms with van der Waals surface area (Å²) in [6.45, 7) is 1.88. The first-order valence-corrected chi connectivity index (χ1v) is 10.6. The summed E-state index contributed by atoms with van der Waals surface area (Å²) in [5.41, 5.74) is 0.454. The molecule has 1 heterocycles. The van der Waals surface area contributed by atoms with Crippen LogP contribution in [0, 0.1) is 10.1 Å². The third kappa shape index (κ3) is 5.57. The lowest BCUT2D eigenvalue weighted by Gasteiger charge is -2.14. The van der Waals surface area contributed by atoms with E-state index in [-0.39, 0.29) is 23.5 Å². The zero-order chi connectivity index (χ0) is 21.7. The molecule has 0 bridgehead atoms. The van der Waals surface area contributed by atoms with Gasteiger partial charge in [-0.3, -0.25) is 14.9 Å². The molecule has 0 aliphatic rings. The van der Waals surface area contributed by atoms with Gasteiger partial charge in [-0.15, -0.1) is 10.2 Å². The molecule has 0 saturated heterocycles. The van der Waals surface area contributed by atoms with Crippen LogP contribution in [0.1, 0.15) is 18.9 Å². The number of hydrogen-bond donors (Lipinski definition) is 1. The van der Waals surface area contributed by atoms with Crippen molar-refractivity contribution in [2.75, 3.05) is 11.1 Å². The van der Waals surface area contributed by atoms with Crippen molar-refractivity contribution in [3.05, 3.63) is 68.9 Å². The summed E-state index contributed by atoms with van der Waals surface area (Å²) in [6.07, 6.45) is -0.327. The zero-order valence-electron chi connectivity index (χ0n) is 16.1. The zero-order valence-corrected chi connectivity index (χ0v) is 18.5. The summed E-state index contributed by atoms with van der Waals surface area (Å²) in [4.78, 5) is 22.4. The van der Waals surface area contributed by atoms with Crippen LogP contribution in [0.2, 0.25) is 0 Å². The molecule has 3 aromatic rings. The Labute approximate surface area is 185 Å². The number of nitro groups is 1. The molecular weight excluding hydrogens is 474 g/mol. The van der Waals surface area contributed by atoms with E-state index in [0.29, 0.717) is 22.4 Å². The molecule has 156 valence electrons. The summed E-state index contributed by atoms with van der Waals surface area (Å²) >= 11 is 4.62. The summed E-state index contributed by atoms with van der Waals surface area (Å²) < 4.78 is 8.65. The van der Waals surface area contributed by atoms with Crippen molar-refractivity contribution in [1.29, 1.82) is 0 Å². The fraction of sp³-hybridized carbons (Fsp3) is 0.211. The molecule has 11 heteroatoms.